The van der Waals surface area contributed by atoms with Gasteiger partial charge in [-0.15, -0.1) is 0 Å². The van der Waals surface area contributed by atoms with Crippen LogP contribution < -0.4 is 0 Å². The number of benzene rings is 1. The Labute approximate surface area is 109 Å². The van der Waals surface area contributed by atoms with Gasteiger partial charge in [0.1, 0.15) is 0 Å². The molecule has 1 saturated heterocycles. The van der Waals surface area contributed by atoms with Crippen LogP contribution in [0.1, 0.15) is 31.1 Å². The van der Waals surface area contributed by atoms with Crippen molar-refractivity contribution < 1.29 is 4.74 Å². The number of fused-ring (bicyclic) bond motifs is 1. The molecule has 3 rings (SSSR count). The molecule has 0 radical (unpaired) electrons. The zero-order valence-electron chi connectivity index (χ0n) is 9.82. The number of aromatic nitrogens is 2. The van der Waals surface area contributed by atoms with E-state index in [1.54, 1.807) is 0 Å². The molecule has 1 atom stereocenters. The third kappa shape index (κ3) is 1.89. The van der Waals surface area contributed by atoms with Crippen molar-refractivity contribution in [2.75, 3.05) is 6.61 Å². The maximum atomic E-state index is 5.80. The van der Waals surface area contributed by atoms with Gasteiger partial charge in [-0.25, -0.2) is 4.68 Å². The van der Waals surface area contributed by atoms with E-state index in [0.29, 0.717) is 0 Å². The molecule has 1 fully saturated rings. The molecule has 0 saturated carbocycles. The Kier molecular flexibility index (Phi) is 2.92. The normalized spacial score (nSPS) is 20.9. The SMILES string of the molecule is Cc1ccc2cnn(C3CCCCO3)c2c1Br. The maximum Gasteiger partial charge on any atom is 0.150 e. The number of nitrogens with zero attached hydrogens (tertiary/aromatic N) is 2. The van der Waals surface area contributed by atoms with Crippen molar-refractivity contribution >= 4 is 26.8 Å². The van der Waals surface area contributed by atoms with Gasteiger partial charge in [0.05, 0.1) is 11.7 Å². The number of ether oxygens (including phenoxy) is 1. The van der Waals surface area contributed by atoms with E-state index in [9.17, 15) is 0 Å². The quantitative estimate of drug-likeness (QED) is 0.800. The van der Waals surface area contributed by atoms with Crippen molar-refractivity contribution in [3.8, 4) is 0 Å². The lowest BCUT2D eigenvalue weighted by Gasteiger charge is -2.23. The number of hydrogen-bond donors (Lipinski definition) is 0. The second kappa shape index (κ2) is 4.42. The molecule has 0 amide bonds. The van der Waals surface area contributed by atoms with Crippen LogP contribution in [0.15, 0.2) is 22.8 Å². The summed E-state index contributed by atoms with van der Waals surface area (Å²) in [5, 5.41) is 5.65. The predicted molar refractivity (Wildman–Crippen MR) is 71.0 cm³/mol. The van der Waals surface area contributed by atoms with Gasteiger partial charge in [0.15, 0.2) is 6.23 Å². The summed E-state index contributed by atoms with van der Waals surface area (Å²) in [5.74, 6) is 0. The van der Waals surface area contributed by atoms with Crippen LogP contribution >= 0.6 is 15.9 Å². The summed E-state index contributed by atoms with van der Waals surface area (Å²) in [7, 11) is 0. The standard InChI is InChI=1S/C13H15BrN2O/c1-9-5-6-10-8-15-16(13(10)12(9)14)11-4-2-3-7-17-11/h5-6,8,11H,2-4,7H2,1H3. The molecule has 90 valence electrons. The summed E-state index contributed by atoms with van der Waals surface area (Å²) < 4.78 is 8.95. The van der Waals surface area contributed by atoms with Crippen LogP contribution in [-0.2, 0) is 4.74 Å². The van der Waals surface area contributed by atoms with E-state index in [2.05, 4.69) is 40.1 Å². The molecule has 1 aliphatic rings. The molecule has 1 aromatic heterocycles. The fourth-order valence-electron chi connectivity index (χ4n) is 2.33. The van der Waals surface area contributed by atoms with Crippen molar-refractivity contribution in [1.29, 1.82) is 0 Å². The fraction of sp³-hybridized carbons (Fsp3) is 0.462. The second-order valence-electron chi connectivity index (χ2n) is 4.54. The van der Waals surface area contributed by atoms with Gasteiger partial charge in [-0.3, -0.25) is 0 Å². The molecule has 0 N–H and O–H groups in total. The lowest BCUT2D eigenvalue weighted by Crippen LogP contribution is -2.19. The molecule has 0 bridgehead atoms. The Bertz CT molecular complexity index is 544. The zero-order valence-corrected chi connectivity index (χ0v) is 11.4. The van der Waals surface area contributed by atoms with Crippen LogP contribution in [0.25, 0.3) is 10.9 Å². The molecule has 4 heteroatoms. The van der Waals surface area contributed by atoms with E-state index in [0.717, 1.165) is 34.8 Å². The first-order chi connectivity index (χ1) is 8.27. The minimum absolute atomic E-state index is 0.0966. The summed E-state index contributed by atoms with van der Waals surface area (Å²) in [6, 6.07) is 4.22. The van der Waals surface area contributed by atoms with Crippen molar-refractivity contribution in [2.45, 2.75) is 32.4 Å². The van der Waals surface area contributed by atoms with Crippen molar-refractivity contribution in [3.63, 3.8) is 0 Å². The highest BCUT2D eigenvalue weighted by Crippen LogP contribution is 2.32. The number of hydrogen-bond acceptors (Lipinski definition) is 2. The molecule has 1 aliphatic heterocycles. The third-order valence-electron chi connectivity index (χ3n) is 3.32. The van der Waals surface area contributed by atoms with Crippen molar-refractivity contribution in [3.05, 3.63) is 28.4 Å². The molecule has 1 unspecified atom stereocenters. The van der Waals surface area contributed by atoms with Crippen LogP contribution in [0.3, 0.4) is 0 Å². The highest BCUT2D eigenvalue weighted by molar-refractivity contribution is 9.10. The van der Waals surface area contributed by atoms with Crippen LogP contribution in [-0.4, -0.2) is 16.4 Å². The lowest BCUT2D eigenvalue weighted by atomic mass is 10.1. The van der Waals surface area contributed by atoms with Gasteiger partial charge in [-0.05, 0) is 47.7 Å². The van der Waals surface area contributed by atoms with Gasteiger partial charge in [-0.1, -0.05) is 12.1 Å². The second-order valence-corrected chi connectivity index (χ2v) is 5.34. The molecule has 0 aliphatic carbocycles. The summed E-state index contributed by atoms with van der Waals surface area (Å²) in [6.45, 7) is 2.94. The Morgan fingerprint density at radius 3 is 3.06 bits per heavy atom. The minimum atomic E-state index is 0.0966. The van der Waals surface area contributed by atoms with E-state index >= 15 is 0 Å². The molecule has 17 heavy (non-hydrogen) atoms. The Hall–Kier alpha value is -0.870. The molecular weight excluding hydrogens is 280 g/mol. The number of rotatable bonds is 1. The fourth-order valence-corrected chi connectivity index (χ4v) is 2.88. The van der Waals surface area contributed by atoms with E-state index < -0.39 is 0 Å². The third-order valence-corrected chi connectivity index (χ3v) is 4.32. The maximum absolute atomic E-state index is 5.80. The van der Waals surface area contributed by atoms with Crippen LogP contribution in [0, 0.1) is 6.92 Å². The predicted octanol–water partition coefficient (Wildman–Crippen LogP) is 3.81. The molecular formula is C13H15BrN2O. The van der Waals surface area contributed by atoms with E-state index in [-0.39, 0.29) is 6.23 Å². The molecule has 1 aromatic carbocycles. The first kappa shape index (κ1) is 11.2. The number of halogens is 1. The van der Waals surface area contributed by atoms with E-state index in [1.807, 2.05) is 10.9 Å². The zero-order chi connectivity index (χ0) is 11.8. The largest absolute Gasteiger partial charge is 0.356 e. The molecule has 2 aromatic rings. The Morgan fingerprint density at radius 1 is 1.41 bits per heavy atom. The van der Waals surface area contributed by atoms with Crippen molar-refractivity contribution in [1.82, 2.24) is 9.78 Å². The van der Waals surface area contributed by atoms with Crippen molar-refractivity contribution in [2.24, 2.45) is 0 Å². The highest BCUT2D eigenvalue weighted by Gasteiger charge is 2.19. The van der Waals surface area contributed by atoms with Crippen LogP contribution in [0.4, 0.5) is 0 Å². The number of aryl methyl sites for hydroxylation is 1. The van der Waals surface area contributed by atoms with E-state index in [4.69, 9.17) is 4.74 Å². The van der Waals surface area contributed by atoms with Gasteiger partial charge in [0.25, 0.3) is 0 Å². The van der Waals surface area contributed by atoms with Gasteiger partial charge >= 0.3 is 0 Å². The average molecular weight is 295 g/mol. The summed E-state index contributed by atoms with van der Waals surface area (Å²) in [6.07, 6.45) is 5.44. The molecule has 0 spiro atoms. The monoisotopic (exact) mass is 294 g/mol. The van der Waals surface area contributed by atoms with E-state index in [1.165, 1.54) is 12.0 Å². The summed E-state index contributed by atoms with van der Waals surface area (Å²) >= 11 is 3.66. The Morgan fingerprint density at radius 2 is 2.29 bits per heavy atom. The summed E-state index contributed by atoms with van der Waals surface area (Å²) in [4.78, 5) is 0. The first-order valence-corrected chi connectivity index (χ1v) is 6.80. The van der Waals surface area contributed by atoms with Gasteiger partial charge < -0.3 is 4.74 Å². The minimum Gasteiger partial charge on any atom is -0.356 e. The average Bonchev–Trinajstić information content (AvgIpc) is 2.79. The van der Waals surface area contributed by atoms with Crippen LogP contribution in [0.5, 0.6) is 0 Å². The lowest BCUT2D eigenvalue weighted by molar-refractivity contribution is -0.0367. The smallest absolute Gasteiger partial charge is 0.150 e. The summed E-state index contributed by atoms with van der Waals surface area (Å²) in [5.41, 5.74) is 2.38. The topological polar surface area (TPSA) is 27.1 Å². The van der Waals surface area contributed by atoms with Gasteiger partial charge in [-0.2, -0.15) is 5.10 Å². The van der Waals surface area contributed by atoms with Crippen LogP contribution in [0.2, 0.25) is 0 Å². The molecule has 3 nitrogen and oxygen atoms in total. The first-order valence-electron chi connectivity index (χ1n) is 6.01. The Balaban J connectivity index is 2.12. The molecule has 2 heterocycles. The highest BCUT2D eigenvalue weighted by atomic mass is 79.9. The van der Waals surface area contributed by atoms with Gasteiger partial charge in [0.2, 0.25) is 0 Å². The van der Waals surface area contributed by atoms with Gasteiger partial charge in [0, 0.05) is 16.5 Å².